The summed E-state index contributed by atoms with van der Waals surface area (Å²) in [6.07, 6.45) is -5.63. The molecule has 37 heavy (non-hydrogen) atoms. The molecule has 1 fully saturated rings. The largest absolute Gasteiger partial charge is 0.434 e. The van der Waals surface area contributed by atoms with Gasteiger partial charge in [-0.15, -0.1) is 0 Å². The first-order valence-corrected chi connectivity index (χ1v) is 11.8. The van der Waals surface area contributed by atoms with Gasteiger partial charge in [0.2, 0.25) is 0 Å². The molecule has 0 spiro atoms. The zero-order chi connectivity index (χ0) is 26.8. The highest BCUT2D eigenvalue weighted by atomic mass is 32.1. The zero-order valence-corrected chi connectivity index (χ0v) is 20.2. The summed E-state index contributed by atoms with van der Waals surface area (Å²) in [5.74, 6) is 0.121. The number of nitrogens with zero attached hydrogens (tertiary/aromatic N) is 6. The summed E-state index contributed by atoms with van der Waals surface area (Å²) in [4.78, 5) is 28.2. The summed E-state index contributed by atoms with van der Waals surface area (Å²) in [5.41, 5.74) is 0.298. The Morgan fingerprint density at radius 2 is 1.73 bits per heavy atom. The van der Waals surface area contributed by atoms with E-state index >= 15 is 0 Å². The molecular formula is C22H21F6N7OS. The van der Waals surface area contributed by atoms with Gasteiger partial charge < -0.3 is 10.2 Å². The number of carbonyl (C=O) groups excluding carboxylic acids is 1. The van der Waals surface area contributed by atoms with Gasteiger partial charge in [0, 0.05) is 43.7 Å². The number of piperazine rings is 1. The summed E-state index contributed by atoms with van der Waals surface area (Å²) < 4.78 is 80.1. The molecule has 0 aromatic carbocycles. The number of hydrogen-bond donors (Lipinski definition) is 1. The Kier molecular flexibility index (Phi) is 7.64. The highest BCUT2D eigenvalue weighted by molar-refractivity contribution is 7.06. The Balaban J connectivity index is 1.38. The van der Waals surface area contributed by atoms with Crippen LogP contribution in [0.25, 0.3) is 0 Å². The van der Waals surface area contributed by atoms with Crippen LogP contribution in [0.15, 0.2) is 30.7 Å². The fourth-order valence-corrected chi connectivity index (χ4v) is 4.70. The maximum absolute atomic E-state index is 13.0. The number of hydrogen-bond acceptors (Lipinski definition) is 8. The standard InChI is InChI=1S/C22H21F6N7OS/c1-13-19(16(37-33-13)8-15-10-30-17(11-29-15)22(26,27)28)20(36)32-14-2-3-18(31-9-14)35-6-4-34(5-7-35)12-21(23,24)25/h2-3,9-11H,4-8,12H2,1H3,(H,32,36). The maximum atomic E-state index is 13.0. The molecule has 0 unspecified atom stereocenters. The first-order valence-electron chi connectivity index (χ1n) is 11.0. The summed E-state index contributed by atoms with van der Waals surface area (Å²) in [5, 5.41) is 2.73. The third-order valence-electron chi connectivity index (χ3n) is 5.60. The Hall–Kier alpha value is -3.33. The van der Waals surface area contributed by atoms with Crippen molar-refractivity contribution in [2.24, 2.45) is 0 Å². The molecule has 3 aromatic heterocycles. The van der Waals surface area contributed by atoms with Crippen molar-refractivity contribution in [1.82, 2.24) is 24.2 Å². The third-order valence-corrected chi connectivity index (χ3v) is 6.54. The molecule has 198 valence electrons. The molecule has 3 aromatic rings. The average Bonchev–Trinajstić information content (AvgIpc) is 3.19. The molecule has 1 amide bonds. The topological polar surface area (TPSA) is 87.1 Å². The second kappa shape index (κ2) is 10.6. The molecule has 1 saturated heterocycles. The van der Waals surface area contributed by atoms with Gasteiger partial charge in [-0.1, -0.05) is 0 Å². The van der Waals surface area contributed by atoms with E-state index in [-0.39, 0.29) is 30.8 Å². The second-order valence-electron chi connectivity index (χ2n) is 8.37. The minimum atomic E-state index is -4.59. The van der Waals surface area contributed by atoms with E-state index in [0.29, 0.717) is 41.4 Å². The number of anilines is 2. The van der Waals surface area contributed by atoms with Gasteiger partial charge in [0.15, 0.2) is 5.69 Å². The molecular weight excluding hydrogens is 524 g/mol. The van der Waals surface area contributed by atoms with Gasteiger partial charge in [0.05, 0.1) is 41.6 Å². The summed E-state index contributed by atoms with van der Waals surface area (Å²) >= 11 is 1.05. The van der Waals surface area contributed by atoms with E-state index in [1.54, 1.807) is 19.1 Å². The molecule has 1 N–H and O–H groups in total. The Morgan fingerprint density at radius 3 is 2.30 bits per heavy atom. The van der Waals surface area contributed by atoms with Crippen LogP contribution in [0.2, 0.25) is 0 Å². The van der Waals surface area contributed by atoms with E-state index < -0.39 is 30.5 Å². The first-order chi connectivity index (χ1) is 17.4. The zero-order valence-electron chi connectivity index (χ0n) is 19.4. The fraction of sp³-hybridized carbons (Fsp3) is 0.409. The van der Waals surface area contributed by atoms with E-state index in [1.807, 2.05) is 4.90 Å². The van der Waals surface area contributed by atoms with Crippen LogP contribution in [-0.2, 0) is 12.6 Å². The van der Waals surface area contributed by atoms with Crippen molar-refractivity contribution in [3.63, 3.8) is 0 Å². The van der Waals surface area contributed by atoms with Crippen LogP contribution in [0.1, 0.15) is 32.3 Å². The highest BCUT2D eigenvalue weighted by Gasteiger charge is 2.33. The summed E-state index contributed by atoms with van der Waals surface area (Å²) in [6, 6.07) is 3.31. The van der Waals surface area contributed by atoms with Crippen molar-refractivity contribution >= 4 is 28.9 Å². The maximum Gasteiger partial charge on any atom is 0.434 e. The molecule has 1 aliphatic rings. The quantitative estimate of drug-likeness (QED) is 0.465. The summed E-state index contributed by atoms with van der Waals surface area (Å²) in [6.45, 7) is 2.01. The molecule has 0 bridgehead atoms. The predicted octanol–water partition coefficient (Wildman–Crippen LogP) is 4.18. The lowest BCUT2D eigenvalue weighted by molar-refractivity contribution is -0.146. The molecule has 8 nitrogen and oxygen atoms in total. The number of halogens is 6. The monoisotopic (exact) mass is 545 g/mol. The van der Waals surface area contributed by atoms with Crippen LogP contribution in [0.4, 0.5) is 37.8 Å². The second-order valence-corrected chi connectivity index (χ2v) is 9.23. The molecule has 0 saturated carbocycles. The Labute approximate surface area is 211 Å². The fourth-order valence-electron chi connectivity index (χ4n) is 3.81. The minimum Gasteiger partial charge on any atom is -0.354 e. The van der Waals surface area contributed by atoms with Crippen molar-refractivity contribution in [3.8, 4) is 0 Å². The smallest absolute Gasteiger partial charge is 0.354 e. The lowest BCUT2D eigenvalue weighted by atomic mass is 10.1. The third kappa shape index (κ3) is 6.91. The van der Waals surface area contributed by atoms with Gasteiger partial charge >= 0.3 is 12.4 Å². The van der Waals surface area contributed by atoms with Gasteiger partial charge in [-0.05, 0) is 30.6 Å². The lowest BCUT2D eigenvalue weighted by Crippen LogP contribution is -2.49. The Morgan fingerprint density at radius 1 is 1.00 bits per heavy atom. The molecule has 4 rings (SSSR count). The van der Waals surface area contributed by atoms with Crippen LogP contribution < -0.4 is 10.2 Å². The van der Waals surface area contributed by atoms with Gasteiger partial charge in [-0.3, -0.25) is 14.7 Å². The molecule has 0 radical (unpaired) electrons. The van der Waals surface area contributed by atoms with E-state index in [0.717, 1.165) is 17.7 Å². The number of nitrogens with one attached hydrogen (secondary N) is 1. The van der Waals surface area contributed by atoms with Crippen molar-refractivity contribution in [3.05, 3.63) is 58.2 Å². The van der Waals surface area contributed by atoms with E-state index in [9.17, 15) is 31.1 Å². The molecule has 15 heteroatoms. The van der Waals surface area contributed by atoms with Crippen molar-refractivity contribution in [2.45, 2.75) is 25.7 Å². The number of aryl methyl sites for hydroxylation is 1. The molecule has 1 aliphatic heterocycles. The average molecular weight is 546 g/mol. The summed E-state index contributed by atoms with van der Waals surface area (Å²) in [7, 11) is 0. The van der Waals surface area contributed by atoms with Crippen LogP contribution in [0.5, 0.6) is 0 Å². The van der Waals surface area contributed by atoms with Crippen molar-refractivity contribution in [1.29, 1.82) is 0 Å². The van der Waals surface area contributed by atoms with Crippen LogP contribution in [0.3, 0.4) is 0 Å². The number of amides is 1. The molecule has 4 heterocycles. The van der Waals surface area contributed by atoms with Gasteiger partial charge in [0.1, 0.15) is 5.82 Å². The first kappa shape index (κ1) is 26.7. The van der Waals surface area contributed by atoms with Gasteiger partial charge in [0.25, 0.3) is 5.91 Å². The van der Waals surface area contributed by atoms with Gasteiger partial charge in [-0.2, -0.15) is 30.7 Å². The number of alkyl halides is 6. The van der Waals surface area contributed by atoms with Crippen molar-refractivity contribution in [2.75, 3.05) is 42.9 Å². The number of aromatic nitrogens is 4. The number of rotatable bonds is 6. The van der Waals surface area contributed by atoms with Crippen LogP contribution in [0, 0.1) is 6.92 Å². The van der Waals surface area contributed by atoms with Crippen LogP contribution in [-0.4, -0.2) is 69.0 Å². The molecule has 0 atom stereocenters. The van der Waals surface area contributed by atoms with E-state index in [4.69, 9.17) is 0 Å². The van der Waals surface area contributed by atoms with Crippen LogP contribution >= 0.6 is 11.5 Å². The Bertz CT molecular complexity index is 1220. The SMILES string of the molecule is Cc1nsc(Cc2cnc(C(F)(F)F)cn2)c1C(=O)Nc1ccc(N2CCN(CC(F)(F)F)CC2)nc1. The van der Waals surface area contributed by atoms with Crippen molar-refractivity contribution < 1.29 is 31.1 Å². The number of carbonyl (C=O) groups is 1. The lowest BCUT2D eigenvalue weighted by Gasteiger charge is -2.35. The normalized spacial score (nSPS) is 15.2. The highest BCUT2D eigenvalue weighted by Crippen LogP contribution is 2.28. The van der Waals surface area contributed by atoms with E-state index in [2.05, 4.69) is 24.6 Å². The molecule has 0 aliphatic carbocycles. The minimum absolute atomic E-state index is 0.0803. The predicted molar refractivity (Wildman–Crippen MR) is 124 cm³/mol. The number of pyridine rings is 1. The van der Waals surface area contributed by atoms with Gasteiger partial charge in [-0.25, -0.2) is 9.97 Å². The van der Waals surface area contributed by atoms with E-state index in [1.165, 1.54) is 11.1 Å².